The predicted molar refractivity (Wildman–Crippen MR) is 158 cm³/mol. The smallest absolute Gasteiger partial charge is 0.416 e. The van der Waals surface area contributed by atoms with Gasteiger partial charge in [-0.05, 0) is 54.9 Å². The molecule has 3 heterocycles. The second-order valence-corrected chi connectivity index (χ2v) is 10.5. The largest absolute Gasteiger partial charge is 0.496 e. The summed E-state index contributed by atoms with van der Waals surface area (Å²) < 4.78 is 47.7. The van der Waals surface area contributed by atoms with Crippen LogP contribution in [0.25, 0.3) is 11.0 Å². The van der Waals surface area contributed by atoms with Gasteiger partial charge in [0.25, 0.3) is 5.91 Å². The summed E-state index contributed by atoms with van der Waals surface area (Å²) in [4.78, 5) is 24.9. The molecule has 8 nitrogen and oxygen atoms in total. The minimum absolute atomic E-state index is 0.0950. The highest BCUT2D eigenvalue weighted by Crippen LogP contribution is 2.35. The van der Waals surface area contributed by atoms with Crippen molar-refractivity contribution in [1.29, 1.82) is 0 Å². The molecule has 1 aliphatic rings. The van der Waals surface area contributed by atoms with E-state index in [1.165, 1.54) is 12.1 Å². The van der Waals surface area contributed by atoms with Crippen LogP contribution in [-0.4, -0.2) is 65.5 Å². The van der Waals surface area contributed by atoms with Crippen LogP contribution >= 0.6 is 0 Å². The molecule has 4 aromatic rings. The highest BCUT2D eigenvalue weighted by Gasteiger charge is 2.34. The van der Waals surface area contributed by atoms with Gasteiger partial charge in [-0.15, -0.1) is 0 Å². The number of pyridine rings is 1. The van der Waals surface area contributed by atoms with E-state index in [-0.39, 0.29) is 17.8 Å². The molecule has 1 amide bonds. The number of aromatic amines is 1. The minimum atomic E-state index is -4.54. The summed E-state index contributed by atoms with van der Waals surface area (Å²) in [5.74, 6) is 0.204. The number of anilines is 2. The van der Waals surface area contributed by atoms with Gasteiger partial charge in [0, 0.05) is 74.2 Å². The van der Waals surface area contributed by atoms with Crippen molar-refractivity contribution < 1.29 is 22.7 Å². The molecule has 1 fully saturated rings. The fourth-order valence-electron chi connectivity index (χ4n) is 5.30. The number of ether oxygens (including phenoxy) is 1. The van der Waals surface area contributed by atoms with Crippen LogP contribution < -0.4 is 15.4 Å². The number of halogens is 3. The van der Waals surface area contributed by atoms with Crippen LogP contribution in [0.15, 0.2) is 54.9 Å². The Kier molecular flexibility index (Phi) is 8.69. The van der Waals surface area contributed by atoms with Gasteiger partial charge in [0.15, 0.2) is 0 Å². The lowest BCUT2D eigenvalue weighted by Gasteiger charge is -2.34. The van der Waals surface area contributed by atoms with E-state index in [2.05, 4.69) is 32.4 Å². The van der Waals surface area contributed by atoms with Crippen molar-refractivity contribution in [2.45, 2.75) is 33.1 Å². The first-order valence-corrected chi connectivity index (χ1v) is 14.0. The van der Waals surface area contributed by atoms with Crippen molar-refractivity contribution in [3.63, 3.8) is 0 Å². The van der Waals surface area contributed by atoms with E-state index in [0.717, 1.165) is 61.0 Å². The number of nitrogens with zero attached hydrogens (tertiary/aromatic N) is 3. The average molecular weight is 581 g/mol. The van der Waals surface area contributed by atoms with Gasteiger partial charge >= 0.3 is 6.18 Å². The van der Waals surface area contributed by atoms with Gasteiger partial charge in [0.2, 0.25) is 0 Å². The van der Waals surface area contributed by atoms with Crippen molar-refractivity contribution in [2.75, 3.05) is 50.5 Å². The standard InChI is InChI=1S/C31H35F3N6O2/c1-4-39-11-13-40(14-12-39)19-22-7-8-24(16-26(22)31(32,33)34)38-30(41)21-6-5-20(2)27(15-21)36-17-23-18-37-29-25(9-10-35-29)28(23)42-3/h5-10,15-16,18,36H,4,11-14,17,19H2,1-3H3,(H,35,37)(H,38,41). The number of H-pyrrole nitrogens is 1. The Balaban J connectivity index is 1.29. The number of methoxy groups -OCH3 is 1. The van der Waals surface area contributed by atoms with Crippen LogP contribution in [0.5, 0.6) is 5.75 Å². The number of aromatic nitrogens is 2. The Morgan fingerprint density at radius 3 is 2.52 bits per heavy atom. The molecule has 222 valence electrons. The normalized spacial score (nSPS) is 14.7. The molecular weight excluding hydrogens is 545 g/mol. The van der Waals surface area contributed by atoms with Crippen molar-refractivity contribution >= 4 is 28.3 Å². The van der Waals surface area contributed by atoms with Gasteiger partial charge in [0.05, 0.1) is 18.1 Å². The van der Waals surface area contributed by atoms with Gasteiger partial charge in [0.1, 0.15) is 11.4 Å². The number of alkyl halides is 3. The summed E-state index contributed by atoms with van der Waals surface area (Å²) in [5.41, 5.74) is 3.07. The molecule has 0 unspecified atom stereocenters. The molecule has 0 aliphatic carbocycles. The molecule has 0 radical (unpaired) electrons. The fourth-order valence-corrected chi connectivity index (χ4v) is 5.30. The van der Waals surface area contributed by atoms with Crippen LogP contribution in [0.3, 0.4) is 0 Å². The lowest BCUT2D eigenvalue weighted by molar-refractivity contribution is -0.138. The zero-order chi connectivity index (χ0) is 29.9. The van der Waals surface area contributed by atoms with E-state index in [0.29, 0.717) is 23.5 Å². The lowest BCUT2D eigenvalue weighted by atomic mass is 10.0. The zero-order valence-corrected chi connectivity index (χ0v) is 23.9. The van der Waals surface area contributed by atoms with Crippen LogP contribution in [0.1, 0.15) is 39.5 Å². The summed E-state index contributed by atoms with van der Waals surface area (Å²) >= 11 is 0. The average Bonchev–Trinajstić information content (AvgIpc) is 3.46. The Morgan fingerprint density at radius 1 is 1.05 bits per heavy atom. The molecule has 0 atom stereocenters. The SMILES string of the molecule is CCN1CCN(Cc2ccc(NC(=O)c3ccc(C)c(NCc4cnc5[nH]ccc5c4OC)c3)cc2C(F)(F)F)CC1. The van der Waals surface area contributed by atoms with Crippen molar-refractivity contribution in [3.8, 4) is 5.75 Å². The maximum atomic E-state index is 14.0. The van der Waals surface area contributed by atoms with Crippen LogP contribution in [0.4, 0.5) is 24.5 Å². The molecule has 2 aromatic heterocycles. The fraction of sp³-hybridized carbons (Fsp3) is 0.355. The molecule has 3 N–H and O–H groups in total. The molecule has 1 aliphatic heterocycles. The monoisotopic (exact) mass is 580 g/mol. The second-order valence-electron chi connectivity index (χ2n) is 10.5. The third-order valence-electron chi connectivity index (χ3n) is 7.76. The van der Waals surface area contributed by atoms with Gasteiger partial charge in [-0.25, -0.2) is 4.98 Å². The molecule has 0 bridgehead atoms. The van der Waals surface area contributed by atoms with E-state index in [9.17, 15) is 18.0 Å². The van der Waals surface area contributed by atoms with Crippen LogP contribution in [0, 0.1) is 6.92 Å². The van der Waals surface area contributed by atoms with E-state index >= 15 is 0 Å². The van der Waals surface area contributed by atoms with Gasteiger partial charge < -0.3 is 25.3 Å². The topological polar surface area (TPSA) is 85.5 Å². The van der Waals surface area contributed by atoms with E-state index < -0.39 is 17.6 Å². The number of nitrogens with one attached hydrogen (secondary N) is 3. The number of amides is 1. The van der Waals surface area contributed by atoms with Gasteiger partial charge in [-0.1, -0.05) is 19.1 Å². The third kappa shape index (κ3) is 6.52. The van der Waals surface area contributed by atoms with Crippen molar-refractivity contribution in [2.24, 2.45) is 0 Å². The van der Waals surface area contributed by atoms with Crippen molar-refractivity contribution in [3.05, 3.63) is 82.7 Å². The first-order chi connectivity index (χ1) is 20.2. The molecule has 5 rings (SSSR count). The first-order valence-electron chi connectivity index (χ1n) is 14.0. The van der Waals surface area contributed by atoms with Gasteiger partial charge in [-0.2, -0.15) is 13.2 Å². The van der Waals surface area contributed by atoms with E-state index in [1.54, 1.807) is 37.7 Å². The Bertz CT molecular complexity index is 1560. The number of aryl methyl sites for hydroxylation is 1. The third-order valence-corrected chi connectivity index (χ3v) is 7.76. The number of rotatable bonds is 9. The highest BCUT2D eigenvalue weighted by molar-refractivity contribution is 6.05. The van der Waals surface area contributed by atoms with Gasteiger partial charge in [-0.3, -0.25) is 9.69 Å². The number of carbonyl (C=O) groups excluding carboxylic acids is 1. The number of benzene rings is 2. The number of likely N-dealkylation sites (N-methyl/N-ethyl adjacent to an activating group) is 1. The Labute approximate surface area is 242 Å². The number of piperazine rings is 1. The molecule has 42 heavy (non-hydrogen) atoms. The number of fused-ring (bicyclic) bond motifs is 1. The summed E-state index contributed by atoms with van der Waals surface area (Å²) in [6.07, 6.45) is -1.02. The quantitative estimate of drug-likeness (QED) is 0.229. The van der Waals surface area contributed by atoms with E-state index in [4.69, 9.17) is 4.74 Å². The molecule has 0 spiro atoms. The van der Waals surface area contributed by atoms with Crippen LogP contribution in [0.2, 0.25) is 0 Å². The van der Waals surface area contributed by atoms with E-state index in [1.807, 2.05) is 17.9 Å². The minimum Gasteiger partial charge on any atom is -0.496 e. The molecule has 1 saturated heterocycles. The summed E-state index contributed by atoms with van der Waals surface area (Å²) in [6, 6.07) is 11.1. The molecule has 0 saturated carbocycles. The number of carbonyl (C=O) groups is 1. The second kappa shape index (κ2) is 12.4. The zero-order valence-electron chi connectivity index (χ0n) is 23.9. The summed E-state index contributed by atoms with van der Waals surface area (Å²) in [6.45, 7) is 8.65. The van der Waals surface area contributed by atoms with Crippen LogP contribution in [-0.2, 0) is 19.3 Å². The maximum Gasteiger partial charge on any atom is 0.416 e. The molecular formula is C31H35F3N6O2. The van der Waals surface area contributed by atoms with Crippen molar-refractivity contribution in [1.82, 2.24) is 19.8 Å². The molecule has 2 aromatic carbocycles. The summed E-state index contributed by atoms with van der Waals surface area (Å²) in [5, 5.41) is 6.85. The summed E-state index contributed by atoms with van der Waals surface area (Å²) in [7, 11) is 1.60. The first kappa shape index (κ1) is 29.4. The highest BCUT2D eigenvalue weighted by atomic mass is 19.4. The maximum absolute atomic E-state index is 14.0. The number of hydrogen-bond acceptors (Lipinski definition) is 6. The predicted octanol–water partition coefficient (Wildman–Crippen LogP) is 5.90. The lowest BCUT2D eigenvalue weighted by Crippen LogP contribution is -2.45. The Morgan fingerprint density at radius 2 is 1.81 bits per heavy atom. The molecule has 11 heteroatoms. The number of hydrogen-bond donors (Lipinski definition) is 3. The Hall–Kier alpha value is -4.09.